The van der Waals surface area contributed by atoms with E-state index in [1.165, 1.54) is 0 Å². The highest BCUT2D eigenvalue weighted by Crippen LogP contribution is 2.37. The van der Waals surface area contributed by atoms with E-state index in [-0.39, 0.29) is 0 Å². The molecule has 0 bridgehead atoms. The molecule has 0 aromatic heterocycles. The van der Waals surface area contributed by atoms with E-state index in [0.29, 0.717) is 0 Å². The second-order valence-corrected chi connectivity index (χ2v) is 8.77. The number of halogens is 3. The first-order chi connectivity index (χ1) is 4.48. The quantitative estimate of drug-likeness (QED) is 0.606. The highest BCUT2D eigenvalue weighted by atomic mass is 80.0. The molecule has 1 nitrogen and oxygen atoms in total. The van der Waals surface area contributed by atoms with Gasteiger partial charge in [-0.1, -0.05) is 66.9 Å². The van der Waals surface area contributed by atoms with Crippen molar-refractivity contribution in [3.63, 3.8) is 0 Å². The molecule has 0 aliphatic rings. The van der Waals surface area contributed by atoms with Gasteiger partial charge in [-0.25, -0.2) is 0 Å². The van der Waals surface area contributed by atoms with Gasteiger partial charge in [-0.15, -0.1) is 0 Å². The van der Waals surface area contributed by atoms with Crippen molar-refractivity contribution in [2.45, 2.75) is 21.6 Å². The number of hydrogen-bond donors (Lipinski definition) is 1. The van der Waals surface area contributed by atoms with Crippen LogP contribution in [-0.4, -0.2) is 13.4 Å². The van der Waals surface area contributed by atoms with Crippen LogP contribution in [0.25, 0.3) is 0 Å². The minimum Gasteiger partial charge on any atom is -0.386 e. The molecular formula is C6H9Br3O. The van der Waals surface area contributed by atoms with Crippen LogP contribution >= 0.6 is 47.8 Å². The molecule has 4 heteroatoms. The van der Waals surface area contributed by atoms with Crippen LogP contribution in [0.5, 0.6) is 0 Å². The van der Waals surface area contributed by atoms with Crippen LogP contribution in [0.3, 0.4) is 0 Å². The number of hydrogen-bond acceptors (Lipinski definition) is 1. The van der Waals surface area contributed by atoms with Gasteiger partial charge < -0.3 is 5.11 Å². The lowest BCUT2D eigenvalue weighted by Crippen LogP contribution is -2.20. The van der Waals surface area contributed by atoms with Crippen LogP contribution in [0, 0.1) is 0 Å². The van der Waals surface area contributed by atoms with Crippen molar-refractivity contribution in [1.29, 1.82) is 0 Å². The van der Waals surface area contributed by atoms with Crippen molar-refractivity contribution >= 4 is 47.8 Å². The van der Waals surface area contributed by atoms with Crippen LogP contribution in [0.4, 0.5) is 0 Å². The van der Waals surface area contributed by atoms with Gasteiger partial charge >= 0.3 is 0 Å². The summed E-state index contributed by atoms with van der Waals surface area (Å²) in [7, 11) is 0. The van der Waals surface area contributed by atoms with Crippen molar-refractivity contribution in [2.24, 2.45) is 0 Å². The van der Waals surface area contributed by atoms with Crippen molar-refractivity contribution in [3.05, 3.63) is 12.2 Å². The molecule has 0 aromatic rings. The predicted molar refractivity (Wildman–Crippen MR) is 54.9 cm³/mol. The highest BCUT2D eigenvalue weighted by molar-refractivity contribution is 9.39. The van der Waals surface area contributed by atoms with Crippen LogP contribution < -0.4 is 0 Å². The van der Waals surface area contributed by atoms with Gasteiger partial charge in [-0.3, -0.25) is 0 Å². The molecule has 0 fully saturated rings. The topological polar surface area (TPSA) is 20.2 Å². The zero-order chi connectivity index (χ0) is 8.20. The maximum absolute atomic E-state index is 9.29. The molecule has 0 saturated heterocycles. The van der Waals surface area contributed by atoms with Crippen molar-refractivity contribution in [2.75, 3.05) is 0 Å². The number of rotatable bonds is 2. The van der Waals surface area contributed by atoms with Crippen LogP contribution in [-0.2, 0) is 0 Å². The molecule has 0 aromatic carbocycles. The molecule has 1 N–H and O–H groups in total. The SMILES string of the molecule is CCC=CC(O)C(Br)(Br)Br. The minimum absolute atomic E-state index is 0.563. The molecule has 0 aliphatic heterocycles. The molecule has 0 radical (unpaired) electrons. The van der Waals surface area contributed by atoms with Gasteiger partial charge in [0.05, 0.1) is 0 Å². The van der Waals surface area contributed by atoms with Gasteiger partial charge in [-0.05, 0) is 6.42 Å². The van der Waals surface area contributed by atoms with Crippen LogP contribution in [0.1, 0.15) is 13.3 Å². The summed E-state index contributed by atoms with van der Waals surface area (Å²) in [5, 5.41) is 9.29. The summed E-state index contributed by atoms with van der Waals surface area (Å²) in [6, 6.07) is 0. The van der Waals surface area contributed by atoms with Gasteiger partial charge in [-0.2, -0.15) is 0 Å². The normalized spacial score (nSPS) is 16.1. The lowest BCUT2D eigenvalue weighted by Gasteiger charge is -2.15. The lowest BCUT2D eigenvalue weighted by molar-refractivity contribution is 0.238. The van der Waals surface area contributed by atoms with E-state index < -0.39 is 8.25 Å². The summed E-state index contributed by atoms with van der Waals surface area (Å²) in [5.41, 5.74) is 0. The van der Waals surface area contributed by atoms with E-state index in [9.17, 15) is 5.11 Å². The summed E-state index contributed by atoms with van der Waals surface area (Å²) in [6.07, 6.45) is 3.99. The van der Waals surface area contributed by atoms with Gasteiger partial charge in [0, 0.05) is 0 Å². The first kappa shape index (κ1) is 11.1. The van der Waals surface area contributed by atoms with Gasteiger partial charge in [0.1, 0.15) is 6.10 Å². The Balaban J connectivity index is 3.84. The monoisotopic (exact) mass is 334 g/mol. The molecule has 1 atom stereocenters. The zero-order valence-electron chi connectivity index (χ0n) is 5.52. The molecule has 10 heavy (non-hydrogen) atoms. The van der Waals surface area contributed by atoms with E-state index in [0.717, 1.165) is 6.42 Å². The third kappa shape index (κ3) is 4.88. The zero-order valence-corrected chi connectivity index (χ0v) is 10.3. The Labute approximate surface area is 86.3 Å². The molecule has 0 heterocycles. The van der Waals surface area contributed by atoms with Gasteiger partial charge in [0.2, 0.25) is 0 Å². The average Bonchev–Trinajstić information content (AvgIpc) is 1.80. The second kappa shape index (κ2) is 4.91. The Morgan fingerprint density at radius 3 is 2.30 bits per heavy atom. The summed E-state index contributed by atoms with van der Waals surface area (Å²) in [6.45, 7) is 2.02. The summed E-state index contributed by atoms with van der Waals surface area (Å²) >= 11 is 9.62. The first-order valence-electron chi connectivity index (χ1n) is 2.90. The van der Waals surface area contributed by atoms with E-state index in [4.69, 9.17) is 0 Å². The van der Waals surface area contributed by atoms with Crippen LogP contribution in [0.2, 0.25) is 0 Å². The molecule has 0 saturated carbocycles. The first-order valence-corrected chi connectivity index (χ1v) is 5.27. The number of alkyl halides is 3. The number of aliphatic hydroxyl groups is 1. The van der Waals surface area contributed by atoms with Gasteiger partial charge in [0.25, 0.3) is 0 Å². The van der Waals surface area contributed by atoms with E-state index >= 15 is 0 Å². The largest absolute Gasteiger partial charge is 0.386 e. The van der Waals surface area contributed by atoms with Gasteiger partial charge in [0.15, 0.2) is 2.14 Å². The number of allylic oxidation sites excluding steroid dienone is 1. The summed E-state index contributed by atoms with van der Waals surface area (Å²) in [4.78, 5) is 0. The Morgan fingerprint density at radius 2 is 2.00 bits per heavy atom. The lowest BCUT2D eigenvalue weighted by atomic mass is 10.3. The molecule has 0 amide bonds. The van der Waals surface area contributed by atoms with E-state index in [2.05, 4.69) is 47.8 Å². The molecule has 1 unspecified atom stereocenters. The Morgan fingerprint density at radius 1 is 1.50 bits per heavy atom. The maximum atomic E-state index is 9.29. The second-order valence-electron chi connectivity index (χ2n) is 1.82. The smallest absolute Gasteiger partial charge is 0.164 e. The highest BCUT2D eigenvalue weighted by Gasteiger charge is 2.25. The third-order valence-corrected chi connectivity index (χ3v) is 2.30. The van der Waals surface area contributed by atoms with Crippen molar-refractivity contribution in [1.82, 2.24) is 0 Å². The fourth-order valence-electron chi connectivity index (χ4n) is 0.374. The average molecular weight is 337 g/mol. The maximum Gasteiger partial charge on any atom is 0.164 e. The molecular weight excluding hydrogens is 328 g/mol. The molecule has 0 spiro atoms. The van der Waals surface area contributed by atoms with Crippen LogP contribution in [0.15, 0.2) is 12.2 Å². The van der Waals surface area contributed by atoms with E-state index in [1.54, 1.807) is 6.08 Å². The fourth-order valence-corrected chi connectivity index (χ4v) is 0.832. The summed E-state index contributed by atoms with van der Waals surface area (Å²) in [5.74, 6) is 0. The number of aliphatic hydroxyl groups excluding tert-OH is 1. The molecule has 0 rings (SSSR count). The van der Waals surface area contributed by atoms with Crippen molar-refractivity contribution in [3.8, 4) is 0 Å². The van der Waals surface area contributed by atoms with Crippen molar-refractivity contribution < 1.29 is 5.11 Å². The Kier molecular flexibility index (Phi) is 5.47. The Bertz CT molecular complexity index is 117. The standard InChI is InChI=1S/C6H9Br3O/c1-2-3-4-5(10)6(7,8)9/h3-5,10H,2H2,1H3. The predicted octanol–water partition coefficient (Wildman–Crippen LogP) is 3.15. The molecule has 60 valence electrons. The molecule has 0 aliphatic carbocycles. The summed E-state index contributed by atoms with van der Waals surface area (Å²) < 4.78 is -0.585. The third-order valence-electron chi connectivity index (χ3n) is 0.889. The van der Waals surface area contributed by atoms with E-state index in [1.807, 2.05) is 13.0 Å². The minimum atomic E-state index is -0.585. The fraction of sp³-hybridized carbons (Fsp3) is 0.667. The Hall–Kier alpha value is 1.14.